The molecule has 2 rings (SSSR count). The molecule has 0 unspecified atom stereocenters. The Hall–Kier alpha value is -1.66. The summed E-state index contributed by atoms with van der Waals surface area (Å²) in [5.74, 6) is 0.953. The highest BCUT2D eigenvalue weighted by Gasteiger charge is 2.10. The third kappa shape index (κ3) is 4.68. The van der Waals surface area contributed by atoms with Crippen molar-refractivity contribution in [3.63, 3.8) is 0 Å². The van der Waals surface area contributed by atoms with Gasteiger partial charge in [-0.15, -0.1) is 16.8 Å². The summed E-state index contributed by atoms with van der Waals surface area (Å²) < 4.78 is 0.790. The van der Waals surface area contributed by atoms with Gasteiger partial charge < -0.3 is 5.32 Å². The van der Waals surface area contributed by atoms with Gasteiger partial charge in [0.25, 0.3) is 0 Å². The van der Waals surface area contributed by atoms with Crippen LogP contribution in [-0.2, 0) is 0 Å². The molecule has 0 aliphatic heterocycles. The number of anilines is 1. The molecule has 2 aromatic rings. The van der Waals surface area contributed by atoms with E-state index in [-0.39, 0.29) is 5.78 Å². The SMILES string of the molecule is C=CCNc1nnc(SCC(=O)c2ccc(C(C)C)cc2)s1. The molecule has 116 valence electrons. The van der Waals surface area contributed by atoms with Crippen molar-refractivity contribution in [2.75, 3.05) is 17.6 Å². The van der Waals surface area contributed by atoms with E-state index in [1.807, 2.05) is 24.3 Å². The van der Waals surface area contributed by atoms with Gasteiger partial charge in [-0.3, -0.25) is 4.79 Å². The predicted octanol–water partition coefficient (Wildman–Crippen LogP) is 4.23. The largest absolute Gasteiger partial charge is 0.357 e. The second-order valence-electron chi connectivity index (χ2n) is 5.03. The van der Waals surface area contributed by atoms with Crippen molar-refractivity contribution in [1.29, 1.82) is 0 Å². The van der Waals surface area contributed by atoms with Gasteiger partial charge in [0.05, 0.1) is 5.75 Å². The van der Waals surface area contributed by atoms with Gasteiger partial charge in [-0.1, -0.05) is 67.3 Å². The van der Waals surface area contributed by atoms with Gasteiger partial charge in [0.1, 0.15) is 0 Å². The first-order chi connectivity index (χ1) is 10.6. The Balaban J connectivity index is 1.89. The molecule has 6 heteroatoms. The number of benzene rings is 1. The molecule has 0 aliphatic rings. The summed E-state index contributed by atoms with van der Waals surface area (Å²) in [5.41, 5.74) is 1.98. The molecular weight excluding hydrogens is 314 g/mol. The van der Waals surface area contributed by atoms with Crippen molar-refractivity contribution in [3.05, 3.63) is 48.0 Å². The first kappa shape index (κ1) is 16.7. The number of Topliss-reactive ketones (excluding diaryl/α,β-unsaturated/α-hetero) is 1. The Morgan fingerprint density at radius 1 is 1.36 bits per heavy atom. The minimum atomic E-state index is 0.108. The number of nitrogens with one attached hydrogen (secondary N) is 1. The normalized spacial score (nSPS) is 10.7. The van der Waals surface area contributed by atoms with Crippen LogP contribution < -0.4 is 5.32 Å². The standard InChI is InChI=1S/C16H19N3OS2/c1-4-9-17-15-18-19-16(22-15)21-10-14(20)13-7-5-12(6-8-13)11(2)3/h4-8,11H,1,9-10H2,2-3H3,(H,17,18). The van der Waals surface area contributed by atoms with E-state index in [1.165, 1.54) is 28.7 Å². The smallest absolute Gasteiger partial charge is 0.206 e. The van der Waals surface area contributed by atoms with Gasteiger partial charge in [0.2, 0.25) is 5.13 Å². The van der Waals surface area contributed by atoms with Crippen LogP contribution in [0.2, 0.25) is 0 Å². The van der Waals surface area contributed by atoms with E-state index in [0.29, 0.717) is 18.2 Å². The molecule has 0 fully saturated rings. The highest BCUT2D eigenvalue weighted by molar-refractivity contribution is 8.01. The average Bonchev–Trinajstić information content (AvgIpc) is 2.98. The van der Waals surface area contributed by atoms with Gasteiger partial charge in [-0.2, -0.15) is 0 Å². The lowest BCUT2D eigenvalue weighted by Crippen LogP contribution is -2.02. The van der Waals surface area contributed by atoms with E-state index in [9.17, 15) is 4.79 Å². The fourth-order valence-electron chi connectivity index (χ4n) is 1.76. The summed E-state index contributed by atoms with van der Waals surface area (Å²) in [6, 6.07) is 7.83. The van der Waals surface area contributed by atoms with E-state index in [0.717, 1.165) is 15.0 Å². The van der Waals surface area contributed by atoms with E-state index < -0.39 is 0 Å². The van der Waals surface area contributed by atoms with Gasteiger partial charge >= 0.3 is 0 Å². The van der Waals surface area contributed by atoms with Gasteiger partial charge in [-0.05, 0) is 11.5 Å². The molecule has 22 heavy (non-hydrogen) atoms. The summed E-state index contributed by atoms with van der Waals surface area (Å²) in [6.07, 6.45) is 1.76. The summed E-state index contributed by atoms with van der Waals surface area (Å²) in [5, 5.41) is 11.9. The molecule has 0 spiro atoms. The van der Waals surface area contributed by atoms with Crippen LogP contribution in [0.15, 0.2) is 41.3 Å². The van der Waals surface area contributed by atoms with Crippen LogP contribution in [0.3, 0.4) is 0 Å². The van der Waals surface area contributed by atoms with Crippen LogP contribution in [0.1, 0.15) is 35.7 Å². The lowest BCUT2D eigenvalue weighted by atomic mass is 10.0. The molecule has 4 nitrogen and oxygen atoms in total. The van der Waals surface area contributed by atoms with Crippen molar-refractivity contribution < 1.29 is 4.79 Å². The molecule has 0 bridgehead atoms. The minimum Gasteiger partial charge on any atom is -0.357 e. The second kappa shape index (κ2) is 8.10. The molecule has 0 radical (unpaired) electrons. The number of aromatic nitrogens is 2. The number of carbonyl (C=O) groups is 1. The monoisotopic (exact) mass is 333 g/mol. The minimum absolute atomic E-state index is 0.108. The third-order valence-corrected chi connectivity index (χ3v) is 5.04. The lowest BCUT2D eigenvalue weighted by molar-refractivity contribution is 0.102. The Morgan fingerprint density at radius 3 is 2.73 bits per heavy atom. The Morgan fingerprint density at radius 2 is 2.09 bits per heavy atom. The summed E-state index contributed by atoms with van der Waals surface area (Å²) in [4.78, 5) is 12.2. The Kier molecular flexibility index (Phi) is 6.15. The summed E-state index contributed by atoms with van der Waals surface area (Å²) in [7, 11) is 0. The number of hydrogen-bond acceptors (Lipinski definition) is 6. The highest BCUT2D eigenvalue weighted by Crippen LogP contribution is 2.26. The molecule has 1 aromatic heterocycles. The number of thioether (sulfide) groups is 1. The maximum absolute atomic E-state index is 12.2. The topological polar surface area (TPSA) is 54.9 Å². The molecular formula is C16H19N3OS2. The molecule has 0 saturated heterocycles. The second-order valence-corrected chi connectivity index (χ2v) is 7.23. The third-order valence-electron chi connectivity index (χ3n) is 3.03. The van der Waals surface area contributed by atoms with Crippen molar-refractivity contribution in [2.24, 2.45) is 0 Å². The average molecular weight is 333 g/mol. The van der Waals surface area contributed by atoms with E-state index in [1.54, 1.807) is 6.08 Å². The van der Waals surface area contributed by atoms with Crippen molar-refractivity contribution in [3.8, 4) is 0 Å². The van der Waals surface area contributed by atoms with Crippen molar-refractivity contribution >= 4 is 34.0 Å². The fraction of sp³-hybridized carbons (Fsp3) is 0.312. The fourth-order valence-corrected chi connectivity index (χ4v) is 3.42. The molecule has 0 amide bonds. The zero-order valence-corrected chi connectivity index (χ0v) is 14.3. The van der Waals surface area contributed by atoms with Gasteiger partial charge in [0.15, 0.2) is 10.1 Å². The first-order valence-corrected chi connectivity index (χ1v) is 8.84. The quantitative estimate of drug-likeness (QED) is 0.445. The number of nitrogens with zero attached hydrogens (tertiary/aromatic N) is 2. The van der Waals surface area contributed by atoms with Crippen LogP contribution in [0.4, 0.5) is 5.13 Å². The van der Waals surface area contributed by atoms with Crippen molar-refractivity contribution in [1.82, 2.24) is 10.2 Å². The van der Waals surface area contributed by atoms with Crippen LogP contribution in [-0.4, -0.2) is 28.3 Å². The number of carbonyl (C=O) groups excluding carboxylic acids is 1. The zero-order chi connectivity index (χ0) is 15.9. The number of hydrogen-bond donors (Lipinski definition) is 1. The molecule has 0 saturated carbocycles. The molecule has 0 atom stereocenters. The molecule has 0 aliphatic carbocycles. The van der Waals surface area contributed by atoms with Crippen LogP contribution in [0, 0.1) is 0 Å². The summed E-state index contributed by atoms with van der Waals surface area (Å²) in [6.45, 7) is 8.57. The first-order valence-electron chi connectivity index (χ1n) is 7.04. The summed E-state index contributed by atoms with van der Waals surface area (Å²) >= 11 is 2.86. The Labute approximate surface area is 139 Å². The van der Waals surface area contributed by atoms with Crippen LogP contribution >= 0.6 is 23.1 Å². The number of rotatable bonds is 8. The van der Waals surface area contributed by atoms with Gasteiger partial charge in [-0.25, -0.2) is 0 Å². The van der Waals surface area contributed by atoms with Crippen molar-refractivity contribution in [2.45, 2.75) is 24.1 Å². The lowest BCUT2D eigenvalue weighted by Gasteiger charge is -2.05. The van der Waals surface area contributed by atoms with E-state index >= 15 is 0 Å². The Bertz CT molecular complexity index is 635. The maximum Gasteiger partial charge on any atom is 0.206 e. The maximum atomic E-state index is 12.2. The van der Waals surface area contributed by atoms with Crippen LogP contribution in [0.5, 0.6) is 0 Å². The highest BCUT2D eigenvalue weighted by atomic mass is 32.2. The molecule has 1 aromatic carbocycles. The van der Waals surface area contributed by atoms with E-state index in [2.05, 4.69) is 35.9 Å². The molecule has 1 N–H and O–H groups in total. The van der Waals surface area contributed by atoms with Gasteiger partial charge in [0, 0.05) is 12.1 Å². The number of ketones is 1. The van der Waals surface area contributed by atoms with Crippen LogP contribution in [0.25, 0.3) is 0 Å². The predicted molar refractivity (Wildman–Crippen MR) is 94.2 cm³/mol. The molecule has 1 heterocycles. The van der Waals surface area contributed by atoms with E-state index in [4.69, 9.17) is 0 Å². The zero-order valence-electron chi connectivity index (χ0n) is 12.7.